The first kappa shape index (κ1) is 30.6. The highest BCUT2D eigenvalue weighted by Crippen LogP contribution is 2.28. The van der Waals surface area contributed by atoms with Gasteiger partial charge >= 0.3 is 11.9 Å². The summed E-state index contributed by atoms with van der Waals surface area (Å²) in [4.78, 5) is 45.4. The summed E-state index contributed by atoms with van der Waals surface area (Å²) < 4.78 is 11.9. The summed E-state index contributed by atoms with van der Waals surface area (Å²) in [5.41, 5.74) is 5.05. The van der Waals surface area contributed by atoms with E-state index in [0.29, 0.717) is 48.7 Å². The maximum absolute atomic E-state index is 13.4. The Kier molecular flexibility index (Phi) is 9.04. The highest BCUT2D eigenvalue weighted by molar-refractivity contribution is 5.90. The lowest BCUT2D eigenvalue weighted by molar-refractivity contribution is -0.0114. The number of hydrogen-bond donors (Lipinski definition) is 0. The number of aromatic nitrogens is 4. The lowest BCUT2D eigenvalue weighted by Crippen LogP contribution is -2.30. The molecule has 1 fully saturated rings. The molecular weight excluding hydrogens is 600 g/mol. The van der Waals surface area contributed by atoms with Crippen LogP contribution < -0.4 is 0 Å². The number of benzene rings is 4. The first-order valence-corrected chi connectivity index (χ1v) is 16.0. The third-order valence-corrected chi connectivity index (χ3v) is 8.24. The van der Waals surface area contributed by atoms with Gasteiger partial charge in [0.05, 0.1) is 11.4 Å². The Bertz CT molecular complexity index is 1750. The van der Waals surface area contributed by atoms with Crippen LogP contribution in [-0.2, 0) is 9.47 Å². The number of nitrogens with zero attached hydrogens (tertiary/aromatic N) is 4. The van der Waals surface area contributed by atoms with Gasteiger partial charge in [-0.15, -0.1) is 0 Å². The molecule has 1 saturated carbocycles. The van der Waals surface area contributed by atoms with Crippen molar-refractivity contribution in [3.8, 4) is 45.3 Å². The van der Waals surface area contributed by atoms with Gasteiger partial charge in [-0.1, -0.05) is 121 Å². The molecule has 8 heteroatoms. The number of esters is 2. The predicted molar refractivity (Wildman–Crippen MR) is 183 cm³/mol. The third kappa shape index (κ3) is 7.18. The average molecular weight is 633 g/mol. The largest absolute Gasteiger partial charge is 0.458 e. The molecule has 1 aliphatic carbocycles. The normalized spacial score (nSPS) is 15.8. The maximum atomic E-state index is 13.4. The second kappa shape index (κ2) is 14.2. The van der Waals surface area contributed by atoms with Gasteiger partial charge in [-0.25, -0.2) is 29.5 Å². The van der Waals surface area contributed by atoms with Crippen LogP contribution in [0.25, 0.3) is 45.3 Å². The zero-order valence-electron chi connectivity index (χ0n) is 26.1. The van der Waals surface area contributed by atoms with E-state index < -0.39 is 11.9 Å². The molecule has 0 bridgehead atoms. The van der Waals surface area contributed by atoms with E-state index >= 15 is 0 Å². The van der Waals surface area contributed by atoms with Crippen molar-refractivity contribution in [2.24, 2.45) is 0 Å². The molecule has 0 unspecified atom stereocenters. The van der Waals surface area contributed by atoms with Crippen LogP contribution in [0.5, 0.6) is 0 Å². The Balaban J connectivity index is 1.03. The van der Waals surface area contributed by atoms with Crippen LogP contribution >= 0.6 is 0 Å². The van der Waals surface area contributed by atoms with Crippen LogP contribution in [0, 0.1) is 0 Å². The fourth-order valence-corrected chi connectivity index (χ4v) is 5.74. The van der Waals surface area contributed by atoms with Gasteiger partial charge < -0.3 is 9.47 Å². The summed E-state index contributed by atoms with van der Waals surface area (Å²) in [6.45, 7) is 0. The van der Waals surface area contributed by atoms with E-state index in [1.807, 2.05) is 121 Å². The molecule has 0 saturated heterocycles. The summed E-state index contributed by atoms with van der Waals surface area (Å²) in [6, 6.07) is 41.8. The number of carbonyl (C=O) groups is 2. The summed E-state index contributed by atoms with van der Waals surface area (Å²) in [5.74, 6) is -0.102. The lowest BCUT2D eigenvalue weighted by Gasteiger charge is -2.28. The second-order valence-electron chi connectivity index (χ2n) is 11.6. The number of hydrogen-bond acceptors (Lipinski definition) is 8. The van der Waals surface area contributed by atoms with Gasteiger partial charge in [-0.3, -0.25) is 0 Å². The fourth-order valence-electron chi connectivity index (χ4n) is 5.74. The van der Waals surface area contributed by atoms with Crippen molar-refractivity contribution < 1.29 is 19.1 Å². The van der Waals surface area contributed by atoms with Gasteiger partial charge in [0.25, 0.3) is 0 Å². The zero-order valence-corrected chi connectivity index (χ0v) is 26.1. The quantitative estimate of drug-likeness (QED) is 0.155. The first-order valence-electron chi connectivity index (χ1n) is 16.0. The van der Waals surface area contributed by atoms with Crippen LogP contribution in [0.4, 0.5) is 0 Å². The van der Waals surface area contributed by atoms with Crippen LogP contribution in [0.2, 0.25) is 0 Å². The number of rotatable bonds is 8. The van der Waals surface area contributed by atoms with Crippen molar-refractivity contribution in [3.63, 3.8) is 0 Å². The van der Waals surface area contributed by atoms with Crippen molar-refractivity contribution in [2.75, 3.05) is 0 Å². The molecule has 0 aliphatic heterocycles. The molecule has 236 valence electrons. The monoisotopic (exact) mass is 632 g/mol. The molecule has 7 rings (SSSR count). The molecule has 0 N–H and O–H groups in total. The minimum absolute atomic E-state index is 0.198. The summed E-state index contributed by atoms with van der Waals surface area (Å²) in [5, 5.41) is 0. The van der Waals surface area contributed by atoms with Gasteiger partial charge in [0, 0.05) is 22.3 Å². The average Bonchev–Trinajstić information content (AvgIpc) is 3.16. The summed E-state index contributed by atoms with van der Waals surface area (Å²) in [6.07, 6.45) is 1.58. The molecule has 48 heavy (non-hydrogen) atoms. The molecule has 0 atom stereocenters. The molecule has 4 aromatic carbocycles. The van der Waals surface area contributed by atoms with Gasteiger partial charge in [-0.2, -0.15) is 0 Å². The molecule has 1 aliphatic rings. The second-order valence-corrected chi connectivity index (χ2v) is 11.6. The summed E-state index contributed by atoms with van der Waals surface area (Å²) in [7, 11) is 0. The van der Waals surface area contributed by atoms with E-state index in [2.05, 4.69) is 9.97 Å². The van der Waals surface area contributed by atoms with Crippen molar-refractivity contribution in [2.45, 2.75) is 37.9 Å². The minimum atomic E-state index is -0.505. The van der Waals surface area contributed by atoms with Crippen LogP contribution in [0.1, 0.15) is 46.7 Å². The van der Waals surface area contributed by atoms with Crippen molar-refractivity contribution in [3.05, 3.63) is 145 Å². The van der Waals surface area contributed by atoms with Crippen molar-refractivity contribution in [1.29, 1.82) is 0 Å². The highest BCUT2D eigenvalue weighted by atomic mass is 16.6. The number of carbonyl (C=O) groups excluding carboxylic acids is 2. The topological polar surface area (TPSA) is 104 Å². The minimum Gasteiger partial charge on any atom is -0.458 e. The smallest absolute Gasteiger partial charge is 0.357 e. The van der Waals surface area contributed by atoms with Crippen LogP contribution in [0.15, 0.2) is 133 Å². The molecule has 0 spiro atoms. The van der Waals surface area contributed by atoms with E-state index in [0.717, 1.165) is 22.3 Å². The SMILES string of the molecule is O=C(OC1CCC(OC(=O)c2cc(-c3ccccc3)nc(-c3ccccc3)n2)CC1)c1cc(-c2ccccc2)nc(-c2ccccc2)n1. The fraction of sp³-hybridized carbons (Fsp3) is 0.150. The van der Waals surface area contributed by atoms with Crippen LogP contribution in [0.3, 0.4) is 0 Å². The zero-order chi connectivity index (χ0) is 32.7. The van der Waals surface area contributed by atoms with Crippen LogP contribution in [-0.4, -0.2) is 44.1 Å². The summed E-state index contributed by atoms with van der Waals surface area (Å²) >= 11 is 0. The Hall–Kier alpha value is -6.02. The highest BCUT2D eigenvalue weighted by Gasteiger charge is 2.28. The van der Waals surface area contributed by atoms with Gasteiger partial charge in [0.2, 0.25) is 0 Å². The Morgan fingerprint density at radius 1 is 0.438 bits per heavy atom. The van der Waals surface area contributed by atoms with Gasteiger partial charge in [0.1, 0.15) is 12.2 Å². The lowest BCUT2D eigenvalue weighted by atomic mass is 9.95. The molecular formula is C40H32N4O4. The van der Waals surface area contributed by atoms with Crippen molar-refractivity contribution in [1.82, 2.24) is 19.9 Å². The molecule has 8 nitrogen and oxygen atoms in total. The molecule has 0 radical (unpaired) electrons. The third-order valence-electron chi connectivity index (χ3n) is 8.24. The van der Waals surface area contributed by atoms with Gasteiger partial charge in [0.15, 0.2) is 23.0 Å². The Morgan fingerprint density at radius 2 is 0.750 bits per heavy atom. The van der Waals surface area contributed by atoms with E-state index in [9.17, 15) is 9.59 Å². The van der Waals surface area contributed by atoms with E-state index in [4.69, 9.17) is 19.4 Å². The molecule has 6 aromatic rings. The first-order chi connectivity index (χ1) is 23.6. The Morgan fingerprint density at radius 3 is 1.08 bits per heavy atom. The Labute approximate surface area is 278 Å². The maximum Gasteiger partial charge on any atom is 0.357 e. The van der Waals surface area contributed by atoms with E-state index in [1.165, 1.54) is 0 Å². The van der Waals surface area contributed by atoms with E-state index in [1.54, 1.807) is 12.1 Å². The number of ether oxygens (including phenoxy) is 2. The predicted octanol–water partition coefficient (Wildman–Crippen LogP) is 8.26. The standard InChI is InChI=1S/C40H32N4O4/c45-39(35-25-33(27-13-5-1-6-14-27)41-37(43-35)29-17-9-3-10-18-29)47-31-21-23-32(24-22-31)48-40(46)36-26-34(28-15-7-2-8-16-28)42-38(44-36)30-19-11-4-12-20-30/h1-20,25-26,31-32H,21-24H2. The van der Waals surface area contributed by atoms with E-state index in [-0.39, 0.29) is 23.6 Å². The molecule has 2 aromatic heterocycles. The van der Waals surface area contributed by atoms with Gasteiger partial charge in [-0.05, 0) is 37.8 Å². The molecule has 2 heterocycles. The molecule has 0 amide bonds. The van der Waals surface area contributed by atoms with Crippen molar-refractivity contribution >= 4 is 11.9 Å².